The molecule has 0 aromatic rings. The van der Waals surface area contributed by atoms with Crippen molar-refractivity contribution in [3.05, 3.63) is 0 Å². The number of rotatable bonds is 3. The van der Waals surface area contributed by atoms with Crippen LogP contribution in [0.4, 0.5) is 0 Å². The third-order valence-electron chi connectivity index (χ3n) is 10.7. The van der Waals surface area contributed by atoms with Gasteiger partial charge in [0.1, 0.15) is 17.8 Å². The average Bonchev–Trinajstić information content (AvgIpc) is 3.18. The molecule has 4 aliphatic carbocycles. The van der Waals surface area contributed by atoms with Crippen LogP contribution >= 0.6 is 0 Å². The Morgan fingerprint density at radius 1 is 0.853 bits per heavy atom. The third-order valence-corrected chi connectivity index (χ3v) is 10.7. The van der Waals surface area contributed by atoms with Gasteiger partial charge in [-0.3, -0.25) is 14.4 Å². The van der Waals surface area contributed by atoms with Gasteiger partial charge in [0.05, 0.1) is 0 Å². The van der Waals surface area contributed by atoms with Gasteiger partial charge in [0.15, 0.2) is 0 Å². The van der Waals surface area contributed by atoms with E-state index < -0.39 is 11.4 Å². The van der Waals surface area contributed by atoms with Crippen LogP contribution < -0.4 is 0 Å². The van der Waals surface area contributed by atoms with Gasteiger partial charge in [-0.05, 0) is 74.5 Å². The summed E-state index contributed by atoms with van der Waals surface area (Å²) in [7, 11) is 0. The van der Waals surface area contributed by atoms with Gasteiger partial charge in [0.25, 0.3) is 0 Å². The van der Waals surface area contributed by atoms with E-state index in [1.54, 1.807) is 0 Å². The van der Waals surface area contributed by atoms with E-state index in [1.165, 1.54) is 20.8 Å². The second kappa shape index (κ2) is 7.68. The highest BCUT2D eigenvalue weighted by Gasteiger charge is 2.83. The molecule has 4 saturated carbocycles. The Kier molecular flexibility index (Phi) is 5.44. The van der Waals surface area contributed by atoms with Gasteiger partial charge in [-0.15, -0.1) is 0 Å². The summed E-state index contributed by atoms with van der Waals surface area (Å²) < 4.78 is 23.7. The zero-order chi connectivity index (χ0) is 24.7. The number of ether oxygens (including phenoxy) is 4. The lowest BCUT2D eigenvalue weighted by molar-refractivity contribution is -0.201. The van der Waals surface area contributed by atoms with Crippen LogP contribution in [0.3, 0.4) is 0 Å². The number of epoxide rings is 1. The second-order valence-electron chi connectivity index (χ2n) is 12.4. The molecule has 0 aromatic heterocycles. The van der Waals surface area contributed by atoms with Crippen molar-refractivity contribution in [3.8, 4) is 0 Å². The maximum Gasteiger partial charge on any atom is 0.305 e. The molecular formula is C27H40O7. The van der Waals surface area contributed by atoms with Gasteiger partial charge in [0.2, 0.25) is 5.79 Å². The number of esters is 3. The number of carbonyl (C=O) groups excluding carboxylic acids is 3. The monoisotopic (exact) mass is 476 g/mol. The molecule has 0 unspecified atom stereocenters. The Morgan fingerprint density at radius 2 is 1.56 bits per heavy atom. The Morgan fingerprint density at radius 3 is 2.21 bits per heavy atom. The van der Waals surface area contributed by atoms with Crippen molar-refractivity contribution in [1.82, 2.24) is 0 Å². The second-order valence-corrected chi connectivity index (χ2v) is 12.4. The van der Waals surface area contributed by atoms with E-state index in [0.29, 0.717) is 17.8 Å². The molecule has 0 amide bonds. The molecule has 0 aromatic carbocycles. The first-order valence-electron chi connectivity index (χ1n) is 13.1. The third kappa shape index (κ3) is 3.28. The van der Waals surface area contributed by atoms with E-state index in [0.717, 1.165) is 51.4 Å². The molecule has 190 valence electrons. The lowest BCUT2D eigenvalue weighted by atomic mass is 9.43. The zero-order valence-corrected chi connectivity index (χ0v) is 21.5. The molecule has 1 saturated heterocycles. The number of carbonyl (C=O) groups is 3. The Bertz CT molecular complexity index is 901. The minimum Gasteiger partial charge on any atom is -0.463 e. The first-order valence-corrected chi connectivity index (χ1v) is 13.1. The molecule has 10 atom stereocenters. The molecule has 1 heterocycles. The first-order chi connectivity index (χ1) is 15.9. The molecular weight excluding hydrogens is 436 g/mol. The smallest absolute Gasteiger partial charge is 0.305 e. The van der Waals surface area contributed by atoms with Gasteiger partial charge < -0.3 is 18.9 Å². The summed E-state index contributed by atoms with van der Waals surface area (Å²) >= 11 is 0. The van der Waals surface area contributed by atoms with Gasteiger partial charge in [-0.25, -0.2) is 0 Å². The molecule has 1 aliphatic heterocycles. The van der Waals surface area contributed by atoms with E-state index in [9.17, 15) is 14.4 Å². The quantitative estimate of drug-likeness (QED) is 0.335. The molecule has 5 rings (SSSR count). The van der Waals surface area contributed by atoms with Gasteiger partial charge >= 0.3 is 17.9 Å². The Labute approximate surface area is 202 Å². The highest BCUT2D eigenvalue weighted by molar-refractivity contribution is 5.67. The fourth-order valence-corrected chi connectivity index (χ4v) is 9.56. The van der Waals surface area contributed by atoms with Crippen molar-refractivity contribution in [1.29, 1.82) is 0 Å². The van der Waals surface area contributed by atoms with E-state index >= 15 is 0 Å². The van der Waals surface area contributed by atoms with Crippen molar-refractivity contribution < 1.29 is 33.3 Å². The van der Waals surface area contributed by atoms with Gasteiger partial charge in [0, 0.05) is 39.0 Å². The molecule has 7 nitrogen and oxygen atoms in total. The van der Waals surface area contributed by atoms with Crippen molar-refractivity contribution in [2.24, 2.45) is 34.5 Å². The predicted octanol–water partition coefficient (Wildman–Crippen LogP) is 4.55. The van der Waals surface area contributed by atoms with Crippen LogP contribution in [0.2, 0.25) is 0 Å². The number of fused-ring (bicyclic) bond motifs is 6. The highest BCUT2D eigenvalue weighted by Crippen LogP contribution is 2.76. The van der Waals surface area contributed by atoms with Crippen LogP contribution in [0.1, 0.15) is 92.9 Å². The summed E-state index contributed by atoms with van der Waals surface area (Å²) in [6.07, 6.45) is 7.35. The molecule has 34 heavy (non-hydrogen) atoms. The fourth-order valence-electron chi connectivity index (χ4n) is 9.56. The van der Waals surface area contributed by atoms with Crippen LogP contribution in [0.5, 0.6) is 0 Å². The molecule has 5 fully saturated rings. The van der Waals surface area contributed by atoms with Crippen LogP contribution in [0, 0.1) is 34.5 Å². The lowest BCUT2D eigenvalue weighted by Crippen LogP contribution is -2.61. The van der Waals surface area contributed by atoms with Crippen molar-refractivity contribution >= 4 is 17.9 Å². The fraction of sp³-hybridized carbons (Fsp3) is 0.889. The van der Waals surface area contributed by atoms with Crippen LogP contribution in [-0.2, 0) is 33.3 Å². The summed E-state index contributed by atoms with van der Waals surface area (Å²) in [6.45, 7) is 11.0. The summed E-state index contributed by atoms with van der Waals surface area (Å²) in [5.74, 6) is -0.0751. The van der Waals surface area contributed by atoms with E-state index in [4.69, 9.17) is 18.9 Å². The number of hydrogen-bond acceptors (Lipinski definition) is 7. The zero-order valence-electron chi connectivity index (χ0n) is 21.5. The lowest BCUT2D eigenvalue weighted by Gasteiger charge is -2.62. The van der Waals surface area contributed by atoms with E-state index in [1.807, 2.05) is 6.92 Å². The van der Waals surface area contributed by atoms with Crippen LogP contribution in [-0.4, -0.2) is 41.5 Å². The Balaban J connectivity index is 1.47. The largest absolute Gasteiger partial charge is 0.463 e. The molecule has 1 spiro atoms. The predicted molar refractivity (Wildman–Crippen MR) is 122 cm³/mol. The highest BCUT2D eigenvalue weighted by atomic mass is 16.8. The molecule has 7 heteroatoms. The van der Waals surface area contributed by atoms with Crippen LogP contribution in [0.25, 0.3) is 0 Å². The Hall–Kier alpha value is -1.63. The van der Waals surface area contributed by atoms with Crippen LogP contribution in [0.15, 0.2) is 0 Å². The normalized spacial score (nSPS) is 51.0. The summed E-state index contributed by atoms with van der Waals surface area (Å²) in [4.78, 5) is 35.7. The topological polar surface area (TPSA) is 91.4 Å². The van der Waals surface area contributed by atoms with Crippen molar-refractivity contribution in [3.63, 3.8) is 0 Å². The minimum atomic E-state index is -0.904. The summed E-state index contributed by atoms with van der Waals surface area (Å²) in [5, 5.41) is 0. The van der Waals surface area contributed by atoms with Crippen molar-refractivity contribution in [2.45, 2.75) is 117 Å². The standard InChI is InChI=1S/C27H40O7/c1-15(28)31-19-9-11-24(4)18(13-19)7-8-20-21-10-12-27(26(6,34-27)33-17(3)30)25(21,5)14-22(23(20)24)32-16(2)29/h18-23H,7-14H2,1-6H3/t18-,19-,20+,21+,22-,23-,24+,25+,26+,27-/m1/s1. The average molecular weight is 477 g/mol. The summed E-state index contributed by atoms with van der Waals surface area (Å²) in [6, 6.07) is 0. The first kappa shape index (κ1) is 24.1. The molecule has 0 N–H and O–H groups in total. The van der Waals surface area contributed by atoms with E-state index in [-0.39, 0.29) is 46.9 Å². The van der Waals surface area contributed by atoms with Crippen molar-refractivity contribution in [2.75, 3.05) is 0 Å². The maximum atomic E-state index is 12.3. The molecule has 0 bridgehead atoms. The molecule has 5 aliphatic rings. The summed E-state index contributed by atoms with van der Waals surface area (Å²) in [5.41, 5.74) is -0.693. The minimum absolute atomic E-state index is 0.00721. The molecule has 0 radical (unpaired) electrons. The number of hydrogen-bond donors (Lipinski definition) is 0. The maximum absolute atomic E-state index is 12.3. The van der Waals surface area contributed by atoms with Gasteiger partial charge in [-0.2, -0.15) is 0 Å². The van der Waals surface area contributed by atoms with E-state index in [2.05, 4.69) is 13.8 Å². The van der Waals surface area contributed by atoms with Gasteiger partial charge in [-0.1, -0.05) is 13.8 Å². The SMILES string of the molecule is CC(=O)O[C@@H]1CC[C@@]2(C)[C@H](CC[C@@H]3[C@@H]2[C@H](OC(C)=O)C[C@@]2(C)[C@H]3CC[C@@]23O[C@]3(C)OC(C)=O)C1.